The molecule has 1 saturated heterocycles. The fourth-order valence-electron chi connectivity index (χ4n) is 5.65. The number of carbonyl (C=O) groups is 1. The normalized spacial score (nSPS) is 19.6. The summed E-state index contributed by atoms with van der Waals surface area (Å²) in [5, 5.41) is 15.4. The number of hydrogen-bond acceptors (Lipinski definition) is 5. The molecule has 7 heteroatoms. The van der Waals surface area contributed by atoms with Crippen LogP contribution in [0.15, 0.2) is 116 Å². The van der Waals surface area contributed by atoms with Gasteiger partial charge >= 0.3 is 6.03 Å². The van der Waals surface area contributed by atoms with Crippen molar-refractivity contribution in [1.82, 2.24) is 15.5 Å². The van der Waals surface area contributed by atoms with Gasteiger partial charge in [0.05, 0.1) is 18.8 Å². The van der Waals surface area contributed by atoms with Gasteiger partial charge in [0, 0.05) is 37.7 Å². The van der Waals surface area contributed by atoms with Crippen molar-refractivity contribution in [3.05, 3.63) is 144 Å². The van der Waals surface area contributed by atoms with E-state index < -0.39 is 6.29 Å². The van der Waals surface area contributed by atoms with Gasteiger partial charge in [-0.05, 0) is 46.5 Å². The van der Waals surface area contributed by atoms with Crippen LogP contribution in [0, 0.1) is 5.92 Å². The minimum atomic E-state index is -0.523. The van der Waals surface area contributed by atoms with Crippen molar-refractivity contribution in [1.29, 1.82) is 0 Å². The zero-order valence-electron chi connectivity index (χ0n) is 26.1. The number of carbonyl (C=O) groups excluding carboxylic acids is 1. The van der Waals surface area contributed by atoms with Gasteiger partial charge < -0.3 is 30.1 Å². The standard InChI is InChI=1S/C38H43N3O4/c1-4-21-41(3)25-35-27(2)36(32-15-13-29(26-42)14-16-32)45-37(44-35)33-19-17-31(18-20-33)34-12-8-11-30(22-34)24-40-38(43)39-23-28-9-6-5-7-10-28/h4-20,22,27,35-37,42H,1,21,23-26H2,2-3H3,(H2,39,40,43). The second kappa shape index (κ2) is 15.6. The molecular weight excluding hydrogens is 562 g/mol. The first-order valence-corrected chi connectivity index (χ1v) is 15.5. The molecular formula is C38H43N3O4. The molecule has 4 atom stereocenters. The summed E-state index contributed by atoms with van der Waals surface area (Å²) >= 11 is 0. The second-order valence-corrected chi connectivity index (χ2v) is 11.7. The highest BCUT2D eigenvalue weighted by Crippen LogP contribution is 2.42. The van der Waals surface area contributed by atoms with E-state index in [1.807, 2.05) is 72.8 Å². The summed E-state index contributed by atoms with van der Waals surface area (Å²) in [6, 6.07) is 34.1. The summed E-state index contributed by atoms with van der Waals surface area (Å²) in [6.45, 7) is 8.50. The van der Waals surface area contributed by atoms with Gasteiger partial charge in [-0.15, -0.1) is 6.58 Å². The second-order valence-electron chi connectivity index (χ2n) is 11.7. The lowest BCUT2D eigenvalue weighted by Gasteiger charge is -2.42. The maximum absolute atomic E-state index is 12.3. The molecule has 234 valence electrons. The summed E-state index contributed by atoms with van der Waals surface area (Å²) in [6.07, 6.45) is 1.17. The molecule has 1 aliphatic rings. The molecule has 0 aromatic heterocycles. The Kier molecular flexibility index (Phi) is 11.2. The first-order valence-electron chi connectivity index (χ1n) is 15.5. The number of likely N-dealkylation sites (N-methyl/N-ethyl adjacent to an activating group) is 1. The molecule has 1 heterocycles. The molecule has 4 aromatic rings. The fraction of sp³-hybridized carbons (Fsp3) is 0.289. The maximum atomic E-state index is 12.3. The van der Waals surface area contributed by atoms with E-state index in [0.717, 1.165) is 52.0 Å². The van der Waals surface area contributed by atoms with Gasteiger partial charge in [-0.1, -0.05) is 110 Å². The molecule has 1 aliphatic heterocycles. The Morgan fingerprint density at radius 2 is 1.49 bits per heavy atom. The van der Waals surface area contributed by atoms with Crippen LogP contribution >= 0.6 is 0 Å². The molecule has 5 rings (SSSR count). The van der Waals surface area contributed by atoms with Gasteiger partial charge in [-0.3, -0.25) is 0 Å². The van der Waals surface area contributed by atoms with E-state index in [2.05, 4.69) is 72.5 Å². The molecule has 3 N–H and O–H groups in total. The fourth-order valence-corrected chi connectivity index (χ4v) is 5.65. The van der Waals surface area contributed by atoms with Crippen molar-refractivity contribution in [3.63, 3.8) is 0 Å². The molecule has 7 nitrogen and oxygen atoms in total. The highest BCUT2D eigenvalue weighted by Gasteiger charge is 2.38. The van der Waals surface area contributed by atoms with E-state index >= 15 is 0 Å². The Bertz CT molecular complexity index is 1530. The van der Waals surface area contributed by atoms with Gasteiger partial charge in [-0.2, -0.15) is 0 Å². The summed E-state index contributed by atoms with van der Waals surface area (Å²) in [5.74, 6) is 0.115. The lowest BCUT2D eigenvalue weighted by molar-refractivity contribution is -0.275. The van der Waals surface area contributed by atoms with Gasteiger partial charge in [0.25, 0.3) is 0 Å². The number of rotatable bonds is 12. The lowest BCUT2D eigenvalue weighted by atomic mass is 9.90. The van der Waals surface area contributed by atoms with Crippen LogP contribution in [0.4, 0.5) is 4.79 Å². The van der Waals surface area contributed by atoms with Crippen LogP contribution in [0.25, 0.3) is 11.1 Å². The van der Waals surface area contributed by atoms with Crippen molar-refractivity contribution in [2.24, 2.45) is 5.92 Å². The number of urea groups is 1. The van der Waals surface area contributed by atoms with Crippen molar-refractivity contribution in [2.45, 2.75) is 45.1 Å². The number of nitrogens with zero attached hydrogens (tertiary/aromatic N) is 1. The molecule has 0 aliphatic carbocycles. The molecule has 0 radical (unpaired) electrons. The van der Waals surface area contributed by atoms with E-state index in [0.29, 0.717) is 13.1 Å². The maximum Gasteiger partial charge on any atom is 0.315 e. The molecule has 45 heavy (non-hydrogen) atoms. The number of aliphatic hydroxyl groups is 1. The quantitative estimate of drug-likeness (QED) is 0.156. The Morgan fingerprint density at radius 3 is 2.18 bits per heavy atom. The van der Waals surface area contributed by atoms with Crippen LogP contribution in [0.2, 0.25) is 0 Å². The van der Waals surface area contributed by atoms with Gasteiger partial charge in [0.2, 0.25) is 0 Å². The van der Waals surface area contributed by atoms with E-state index in [1.165, 1.54) is 0 Å². The van der Waals surface area contributed by atoms with Crippen molar-refractivity contribution < 1.29 is 19.4 Å². The molecule has 0 spiro atoms. The largest absolute Gasteiger partial charge is 0.392 e. The monoisotopic (exact) mass is 605 g/mol. The van der Waals surface area contributed by atoms with Crippen LogP contribution in [-0.2, 0) is 29.2 Å². The number of benzene rings is 4. The first-order chi connectivity index (χ1) is 21.9. The smallest absolute Gasteiger partial charge is 0.315 e. The highest BCUT2D eigenvalue weighted by molar-refractivity contribution is 5.74. The minimum Gasteiger partial charge on any atom is -0.392 e. The molecule has 0 saturated carbocycles. The van der Waals surface area contributed by atoms with E-state index in [1.54, 1.807) is 0 Å². The van der Waals surface area contributed by atoms with Gasteiger partial charge in [-0.25, -0.2) is 4.79 Å². The SMILES string of the molecule is C=CCN(C)CC1OC(c2ccc(-c3cccc(CNC(=O)NCc4ccccc4)c3)cc2)OC(c2ccc(CO)cc2)C1C. The summed E-state index contributed by atoms with van der Waals surface area (Å²) in [5.41, 5.74) is 7.10. The van der Waals surface area contributed by atoms with Crippen LogP contribution in [-0.4, -0.2) is 42.3 Å². The predicted octanol–water partition coefficient (Wildman–Crippen LogP) is 6.75. The molecule has 0 bridgehead atoms. The van der Waals surface area contributed by atoms with E-state index in [-0.39, 0.29) is 30.8 Å². The highest BCUT2D eigenvalue weighted by atomic mass is 16.7. The molecule has 4 aromatic carbocycles. The first kappa shape index (κ1) is 32.1. The zero-order valence-corrected chi connectivity index (χ0v) is 26.1. The molecule has 1 fully saturated rings. The van der Waals surface area contributed by atoms with Crippen LogP contribution in [0.1, 0.15) is 47.1 Å². The summed E-state index contributed by atoms with van der Waals surface area (Å²) in [4.78, 5) is 14.6. The summed E-state index contributed by atoms with van der Waals surface area (Å²) in [7, 11) is 2.07. The number of hydrogen-bond donors (Lipinski definition) is 3. The minimum absolute atomic E-state index is 0.0118. The molecule has 2 amide bonds. The number of ether oxygens (including phenoxy) is 2. The average molecular weight is 606 g/mol. The third-order valence-electron chi connectivity index (χ3n) is 8.25. The topological polar surface area (TPSA) is 83.1 Å². The van der Waals surface area contributed by atoms with Gasteiger partial charge in [0.15, 0.2) is 6.29 Å². The summed E-state index contributed by atoms with van der Waals surface area (Å²) < 4.78 is 13.2. The molecule has 4 unspecified atom stereocenters. The number of amides is 2. The Labute approximate surface area is 266 Å². The third kappa shape index (κ3) is 8.68. The van der Waals surface area contributed by atoms with Crippen molar-refractivity contribution >= 4 is 6.03 Å². The number of aliphatic hydroxyl groups excluding tert-OH is 1. The zero-order chi connectivity index (χ0) is 31.6. The third-order valence-corrected chi connectivity index (χ3v) is 8.25. The van der Waals surface area contributed by atoms with Crippen LogP contribution in [0.5, 0.6) is 0 Å². The number of nitrogens with one attached hydrogen (secondary N) is 2. The average Bonchev–Trinajstić information content (AvgIpc) is 3.08. The van der Waals surface area contributed by atoms with Crippen molar-refractivity contribution in [3.8, 4) is 11.1 Å². The van der Waals surface area contributed by atoms with Crippen LogP contribution < -0.4 is 10.6 Å². The van der Waals surface area contributed by atoms with Gasteiger partial charge in [0.1, 0.15) is 0 Å². The predicted molar refractivity (Wildman–Crippen MR) is 178 cm³/mol. The lowest BCUT2D eigenvalue weighted by Crippen LogP contribution is -2.43. The Morgan fingerprint density at radius 1 is 0.822 bits per heavy atom. The van der Waals surface area contributed by atoms with Crippen LogP contribution in [0.3, 0.4) is 0 Å². The van der Waals surface area contributed by atoms with E-state index in [4.69, 9.17) is 9.47 Å². The van der Waals surface area contributed by atoms with Crippen molar-refractivity contribution in [2.75, 3.05) is 20.1 Å². The Hall–Kier alpha value is -4.27. The van der Waals surface area contributed by atoms with E-state index in [9.17, 15) is 9.90 Å². The Balaban J connectivity index is 1.26.